The normalized spacial score (nSPS) is 12.1. The van der Waals surface area contributed by atoms with Gasteiger partial charge in [0.2, 0.25) is 0 Å². The van der Waals surface area contributed by atoms with Crippen molar-refractivity contribution >= 4 is 141 Å². The van der Waals surface area contributed by atoms with E-state index in [0.717, 1.165) is 105 Å². The van der Waals surface area contributed by atoms with Crippen molar-refractivity contribution in [2.75, 3.05) is 0 Å². The van der Waals surface area contributed by atoms with E-state index in [2.05, 4.69) is 355 Å². The third-order valence-corrected chi connectivity index (χ3v) is 19.7. The maximum Gasteiger partial charge on any atom is 0.0703 e. The van der Waals surface area contributed by atoms with Crippen LogP contribution in [-0.4, -0.2) is 27.4 Å². The predicted molar refractivity (Wildman–Crippen MR) is 388 cm³/mol. The lowest BCUT2D eigenvalue weighted by molar-refractivity contribution is 1.01. The van der Waals surface area contributed by atoms with Gasteiger partial charge in [0, 0.05) is 89.0 Å². The minimum Gasteiger partial charge on any atom is -0.314 e. The number of para-hydroxylation sites is 8. The van der Waals surface area contributed by atoms with Crippen LogP contribution in [-0.2, 0) is 0 Å². The SMILES string of the molecule is c1ccc(-n2ccn(-c3ccccc3)c3cc4c(cc32)c2ccccc2c2cccc(-n3c5ccccc5c5cc(-n6c7ccccc7c7ccccc76)ccc53)c2c2c(-n3c5ccccc5c5cc(-n6c7ccccc7c7ccccc76)ccc53)cccc42)cc1. The minimum absolute atomic E-state index is 1.08. The Hall–Kier alpha value is -12.4. The maximum absolute atomic E-state index is 2.56. The molecule has 0 amide bonds. The highest BCUT2D eigenvalue weighted by Crippen LogP contribution is 2.47. The molecule has 6 nitrogen and oxygen atoms in total. The Labute approximate surface area is 527 Å². The molecule has 428 valence electrons. The van der Waals surface area contributed by atoms with E-state index in [4.69, 9.17) is 0 Å². The molecule has 0 fully saturated rings. The molecule has 0 N–H and O–H groups in total. The smallest absolute Gasteiger partial charge is 0.0703 e. The average Bonchev–Trinajstić information content (AvgIpc) is 1.18. The fourth-order valence-electron chi connectivity index (χ4n) is 15.8. The Balaban J connectivity index is 0.962. The van der Waals surface area contributed by atoms with Crippen LogP contribution in [0.15, 0.2) is 328 Å². The van der Waals surface area contributed by atoms with Gasteiger partial charge in [0.05, 0.1) is 66.5 Å². The fourth-order valence-corrected chi connectivity index (χ4v) is 15.8. The summed E-state index contributed by atoms with van der Waals surface area (Å²) in [6, 6.07) is 117. The van der Waals surface area contributed by atoms with Crippen LogP contribution in [0.3, 0.4) is 0 Å². The summed E-state index contributed by atoms with van der Waals surface area (Å²) in [5, 5.41) is 19.0. The first-order valence-corrected chi connectivity index (χ1v) is 31.7. The lowest BCUT2D eigenvalue weighted by Crippen LogP contribution is -2.05. The van der Waals surface area contributed by atoms with Crippen LogP contribution in [0.1, 0.15) is 0 Å². The summed E-state index contributed by atoms with van der Waals surface area (Å²) in [6.07, 6.45) is 4.44. The van der Waals surface area contributed by atoms with Crippen molar-refractivity contribution in [3.8, 4) is 34.1 Å². The lowest BCUT2D eigenvalue weighted by atomic mass is 9.92. The molecule has 0 aliphatic heterocycles. The van der Waals surface area contributed by atoms with Gasteiger partial charge < -0.3 is 27.4 Å². The summed E-state index contributed by atoms with van der Waals surface area (Å²) in [7, 11) is 0. The van der Waals surface area contributed by atoms with Crippen molar-refractivity contribution in [3.63, 3.8) is 0 Å². The highest BCUT2D eigenvalue weighted by Gasteiger charge is 2.24. The van der Waals surface area contributed by atoms with Crippen LogP contribution in [0.5, 0.6) is 0 Å². The average molecular weight is 1170 g/mol. The van der Waals surface area contributed by atoms with Gasteiger partial charge >= 0.3 is 0 Å². The van der Waals surface area contributed by atoms with Gasteiger partial charge in [0.1, 0.15) is 0 Å². The number of aromatic nitrogens is 6. The summed E-state index contributed by atoms with van der Waals surface area (Å²) in [4.78, 5) is 0. The largest absolute Gasteiger partial charge is 0.314 e. The van der Waals surface area contributed by atoms with Gasteiger partial charge in [-0.25, -0.2) is 0 Å². The molecule has 0 unspecified atom stereocenters. The standard InChI is InChI=1S/C86H54N6/c1-3-23-55(24-4-1)87-49-50-88(56-25-5-2-6-26-56)84-54-70-68-36-22-44-82(92-78-42-20-14-34-66(78)72-52-58(46-48-80(72)92)90-75-39-17-11-31-63(75)64-32-12-18-40-76(64)90)86(68)85-67(59-27-7-8-28-60(59)69(70)53-83(84)87)35-21-43-81(85)91-77-41-19-13-33-65(77)71-51-57(45-47-79(71)91)89-73-37-15-9-29-61(73)62-30-10-16-38-74(62)89/h1-54H. The third kappa shape index (κ3) is 7.20. The van der Waals surface area contributed by atoms with E-state index in [1.807, 2.05) is 0 Å². The Morgan fingerprint density at radius 3 is 0.826 bits per heavy atom. The van der Waals surface area contributed by atoms with Crippen molar-refractivity contribution < 1.29 is 0 Å². The Morgan fingerprint density at radius 2 is 0.435 bits per heavy atom. The number of hydrogen-bond donors (Lipinski definition) is 0. The van der Waals surface area contributed by atoms with Crippen LogP contribution in [0.4, 0.5) is 0 Å². The van der Waals surface area contributed by atoms with Crippen LogP contribution in [0, 0.1) is 0 Å². The van der Waals surface area contributed by atoms with E-state index in [-0.39, 0.29) is 0 Å². The molecule has 0 spiro atoms. The van der Waals surface area contributed by atoms with Gasteiger partial charge in [-0.3, -0.25) is 0 Å². The van der Waals surface area contributed by atoms with E-state index in [9.17, 15) is 0 Å². The summed E-state index contributed by atoms with van der Waals surface area (Å²) in [5.41, 5.74) is 18.1. The van der Waals surface area contributed by atoms with Crippen molar-refractivity contribution in [2.24, 2.45) is 0 Å². The minimum atomic E-state index is 1.08. The highest BCUT2D eigenvalue weighted by atomic mass is 15.1. The van der Waals surface area contributed by atoms with Crippen LogP contribution in [0.25, 0.3) is 175 Å². The van der Waals surface area contributed by atoms with Crippen LogP contribution < -0.4 is 0 Å². The summed E-state index contributed by atoms with van der Waals surface area (Å²) in [5.74, 6) is 0. The van der Waals surface area contributed by atoms with E-state index in [0.29, 0.717) is 0 Å². The number of nitrogens with zero attached hydrogens (tertiary/aromatic N) is 6. The number of rotatable bonds is 6. The van der Waals surface area contributed by atoms with Gasteiger partial charge in [-0.05, 0) is 154 Å². The molecule has 0 bridgehead atoms. The van der Waals surface area contributed by atoms with Gasteiger partial charge in [0.25, 0.3) is 0 Å². The zero-order valence-electron chi connectivity index (χ0n) is 49.9. The van der Waals surface area contributed by atoms with Crippen molar-refractivity contribution in [1.82, 2.24) is 27.4 Å². The molecule has 20 rings (SSSR count). The number of benzene rings is 14. The number of fused-ring (bicyclic) bond motifs is 21. The molecule has 5 aromatic heterocycles. The first-order chi connectivity index (χ1) is 45.7. The second-order valence-electron chi connectivity index (χ2n) is 24.4. The maximum atomic E-state index is 2.56. The van der Waals surface area contributed by atoms with Gasteiger partial charge in [-0.1, -0.05) is 194 Å². The highest BCUT2D eigenvalue weighted by molar-refractivity contribution is 6.31. The molecule has 6 heteroatoms. The first kappa shape index (κ1) is 50.6. The summed E-state index contributed by atoms with van der Waals surface area (Å²) in [6.45, 7) is 0. The van der Waals surface area contributed by atoms with Crippen molar-refractivity contribution in [3.05, 3.63) is 328 Å². The first-order valence-electron chi connectivity index (χ1n) is 31.7. The molecular formula is C86H54N6. The lowest BCUT2D eigenvalue weighted by Gasteiger charge is -2.21. The summed E-state index contributed by atoms with van der Waals surface area (Å²) < 4.78 is 14.7. The zero-order valence-corrected chi connectivity index (χ0v) is 49.9. The second kappa shape index (κ2) is 19.6. The van der Waals surface area contributed by atoms with Gasteiger partial charge in [-0.2, -0.15) is 0 Å². The third-order valence-electron chi connectivity index (χ3n) is 19.7. The van der Waals surface area contributed by atoms with E-state index < -0.39 is 0 Å². The molecule has 5 heterocycles. The molecule has 0 aliphatic rings. The van der Waals surface area contributed by atoms with E-state index >= 15 is 0 Å². The molecule has 0 radical (unpaired) electrons. The monoisotopic (exact) mass is 1170 g/mol. The molecular weight excluding hydrogens is 1120 g/mol. The molecule has 92 heavy (non-hydrogen) atoms. The van der Waals surface area contributed by atoms with Gasteiger partial charge in [0.15, 0.2) is 0 Å². The Kier molecular flexibility index (Phi) is 10.8. The predicted octanol–water partition coefficient (Wildman–Crippen LogP) is 22.5. The molecule has 15 aromatic carbocycles. The van der Waals surface area contributed by atoms with Crippen LogP contribution >= 0.6 is 0 Å². The molecule has 0 saturated heterocycles. The quantitative estimate of drug-likeness (QED) is 0.159. The second-order valence-corrected chi connectivity index (χ2v) is 24.4. The topological polar surface area (TPSA) is 29.6 Å². The van der Waals surface area contributed by atoms with E-state index in [1.54, 1.807) is 0 Å². The van der Waals surface area contributed by atoms with E-state index in [1.165, 1.54) is 70.5 Å². The molecule has 0 aliphatic carbocycles. The fraction of sp³-hybridized carbons (Fsp3) is 0. The van der Waals surface area contributed by atoms with Crippen molar-refractivity contribution in [1.29, 1.82) is 0 Å². The Bertz CT molecular complexity index is 6460. The zero-order chi connectivity index (χ0) is 60.1. The molecule has 0 saturated carbocycles. The van der Waals surface area contributed by atoms with Gasteiger partial charge in [-0.15, -0.1) is 0 Å². The molecule has 20 aromatic rings. The summed E-state index contributed by atoms with van der Waals surface area (Å²) >= 11 is 0. The molecule has 0 atom stereocenters. The number of hydrogen-bond acceptors (Lipinski definition) is 0. The van der Waals surface area contributed by atoms with Crippen molar-refractivity contribution in [2.45, 2.75) is 0 Å². The Morgan fingerprint density at radius 1 is 0.152 bits per heavy atom. The van der Waals surface area contributed by atoms with Crippen LogP contribution in [0.2, 0.25) is 0 Å².